The second kappa shape index (κ2) is 12.9. The predicted molar refractivity (Wildman–Crippen MR) is 186 cm³/mol. The Morgan fingerprint density at radius 2 is 0.782 bits per heavy atom. The van der Waals surface area contributed by atoms with Crippen LogP contribution in [0.3, 0.4) is 0 Å². The highest BCUT2D eigenvalue weighted by molar-refractivity contribution is 6.12. The van der Waals surface area contributed by atoms with E-state index in [9.17, 15) is 52.7 Å². The van der Waals surface area contributed by atoms with Gasteiger partial charge in [-0.1, -0.05) is 32.1 Å². The van der Waals surface area contributed by atoms with E-state index in [1.807, 2.05) is 13.8 Å². The van der Waals surface area contributed by atoms with Crippen LogP contribution >= 0.6 is 0 Å². The van der Waals surface area contributed by atoms with Crippen molar-refractivity contribution in [1.29, 1.82) is 0 Å². The molecule has 0 unspecified atom stereocenters. The molecule has 0 aliphatic heterocycles. The van der Waals surface area contributed by atoms with E-state index in [2.05, 4.69) is 4.98 Å². The zero-order chi connectivity index (χ0) is 39.8. The summed E-state index contributed by atoms with van der Waals surface area (Å²) in [6, 6.07) is 10.7. The molecule has 0 spiro atoms. The minimum atomic E-state index is -4.83. The lowest BCUT2D eigenvalue weighted by atomic mass is 10.0. The average Bonchev–Trinajstić information content (AvgIpc) is 3.85. The number of rotatable bonds is 3. The van der Waals surface area contributed by atoms with Crippen LogP contribution in [0.1, 0.15) is 48.1 Å². The van der Waals surface area contributed by atoms with E-state index in [1.165, 1.54) is 21.5 Å². The van der Waals surface area contributed by atoms with Gasteiger partial charge in [0.2, 0.25) is 0 Å². The number of nitrogens with zero attached hydrogens (tertiary/aromatic N) is 3. The lowest BCUT2D eigenvalue weighted by Crippen LogP contribution is -2.08. The third-order valence-corrected chi connectivity index (χ3v) is 9.32. The Morgan fingerprint density at radius 3 is 1.04 bits per heavy atom. The number of benzene rings is 4. The summed E-state index contributed by atoms with van der Waals surface area (Å²) in [6.07, 6.45) is -11.1. The first kappa shape index (κ1) is 37.6. The number of halogens is 12. The van der Waals surface area contributed by atoms with Crippen molar-refractivity contribution in [2.45, 2.75) is 45.0 Å². The van der Waals surface area contributed by atoms with Crippen LogP contribution < -0.4 is 0 Å². The molecule has 55 heavy (non-hydrogen) atoms. The Hall–Kier alpha value is -5.73. The highest BCUT2D eigenvalue weighted by atomic mass is 19.4. The molecule has 3 nitrogen and oxygen atoms in total. The lowest BCUT2D eigenvalue weighted by Gasteiger charge is -2.20. The molecule has 4 aromatic carbocycles. The van der Waals surface area contributed by atoms with Gasteiger partial charge < -0.3 is 9.13 Å². The smallest absolute Gasteiger partial charge is 0.307 e. The van der Waals surface area contributed by atoms with E-state index in [-0.39, 0.29) is 61.4 Å². The molecule has 0 amide bonds. The third kappa shape index (κ3) is 6.38. The second-order valence-electron chi connectivity index (χ2n) is 12.5. The number of alkyl halides is 12. The fourth-order valence-corrected chi connectivity index (χ4v) is 7.01. The molecule has 3 heterocycles. The van der Waals surface area contributed by atoms with Crippen molar-refractivity contribution in [2.75, 3.05) is 0 Å². The Labute approximate surface area is 303 Å². The minimum absolute atomic E-state index is 0.0888. The van der Waals surface area contributed by atoms with Gasteiger partial charge in [0.25, 0.3) is 0 Å². The summed E-state index contributed by atoms with van der Waals surface area (Å²) in [7, 11) is 0. The van der Waals surface area contributed by atoms with Crippen molar-refractivity contribution in [3.63, 3.8) is 0 Å². The van der Waals surface area contributed by atoms with Gasteiger partial charge in [0.1, 0.15) is 0 Å². The van der Waals surface area contributed by atoms with Crippen molar-refractivity contribution < 1.29 is 52.7 Å². The lowest BCUT2D eigenvalue weighted by molar-refractivity contribution is -0.138. The molecule has 0 radical (unpaired) electrons. The molecule has 0 fully saturated rings. The maximum atomic E-state index is 13.9. The van der Waals surface area contributed by atoms with Gasteiger partial charge in [0, 0.05) is 27.1 Å². The number of hydrogen-bond acceptors (Lipinski definition) is 1. The summed E-state index contributed by atoms with van der Waals surface area (Å²) in [5.41, 5.74) is -2.75. The number of pyridine rings is 1. The number of aromatic nitrogens is 3. The van der Waals surface area contributed by atoms with E-state index in [0.717, 1.165) is 72.8 Å². The quantitative estimate of drug-likeness (QED) is 0.164. The Kier molecular flexibility index (Phi) is 8.85. The molecule has 8 rings (SSSR count). The Balaban J connectivity index is 0.00000229. The zero-order valence-corrected chi connectivity index (χ0v) is 28.4. The van der Waals surface area contributed by atoms with Crippen LogP contribution in [0.2, 0.25) is 0 Å². The molecule has 0 saturated carbocycles. The average molecular weight is 776 g/mol. The van der Waals surface area contributed by atoms with Gasteiger partial charge in [0.05, 0.1) is 68.1 Å². The molecule has 0 bridgehead atoms. The molecule has 15 heteroatoms. The van der Waals surface area contributed by atoms with Gasteiger partial charge in [-0.3, -0.25) is 4.98 Å². The summed E-state index contributed by atoms with van der Waals surface area (Å²) in [6.45, 7) is 4.00. The number of fused-ring (bicyclic) bond motifs is 6. The monoisotopic (exact) mass is 775 g/mol. The molecular weight excluding hydrogens is 750 g/mol. The molecule has 0 atom stereocenters. The van der Waals surface area contributed by atoms with Crippen molar-refractivity contribution in [1.82, 2.24) is 14.1 Å². The summed E-state index contributed by atoms with van der Waals surface area (Å²) in [4.78, 5) is 4.37. The van der Waals surface area contributed by atoms with Crippen LogP contribution in [0, 0.1) is 0 Å². The highest BCUT2D eigenvalue weighted by Crippen LogP contribution is 2.45. The Bertz CT molecular complexity index is 2390. The highest BCUT2D eigenvalue weighted by Gasteiger charge is 2.36. The van der Waals surface area contributed by atoms with Crippen molar-refractivity contribution >= 4 is 49.2 Å². The summed E-state index contributed by atoms with van der Waals surface area (Å²) >= 11 is 0. The largest absolute Gasteiger partial charge is 0.416 e. The molecule has 7 aromatic rings. The predicted octanol–water partition coefficient (Wildman–Crippen LogP) is 13.7. The summed E-state index contributed by atoms with van der Waals surface area (Å²) in [5.74, 6) is 0. The van der Waals surface area contributed by atoms with Gasteiger partial charge in [0.15, 0.2) is 0 Å². The third-order valence-electron chi connectivity index (χ3n) is 9.32. The van der Waals surface area contributed by atoms with Crippen LogP contribution in [0.4, 0.5) is 52.7 Å². The van der Waals surface area contributed by atoms with Crippen molar-refractivity contribution in [2.24, 2.45) is 0 Å². The Morgan fingerprint density at radius 1 is 0.473 bits per heavy atom. The second-order valence-corrected chi connectivity index (χ2v) is 12.5. The maximum absolute atomic E-state index is 13.9. The number of allylic oxidation sites excluding steroid dienone is 4. The molecule has 3 aromatic heterocycles. The van der Waals surface area contributed by atoms with Crippen LogP contribution in [0.5, 0.6) is 0 Å². The summed E-state index contributed by atoms with van der Waals surface area (Å²) < 4.78 is 170. The standard InChI is InChI=1S/C38H19F12N3.C2H6/c39-35(40,41)20-5-9-28-24(13-20)25-14-21(36(42,43)44)6-10-29(25)52(28)32-17-51-18-33(34(32)19-3-1-2-4-19)53-30-11-7-22(37(45,46)47)15-26(30)27-16-23(38(48,49)50)8-12-31(27)53;1-2/h1-3,5-18H,4H2;1-2H3. The summed E-state index contributed by atoms with van der Waals surface area (Å²) in [5, 5.41) is -0.585. The normalized spacial score (nSPS) is 14.0. The van der Waals surface area contributed by atoms with Crippen LogP contribution in [-0.4, -0.2) is 14.1 Å². The van der Waals surface area contributed by atoms with Crippen LogP contribution in [0.25, 0.3) is 60.6 Å². The molecule has 1 aliphatic rings. The fourth-order valence-electron chi connectivity index (χ4n) is 7.01. The van der Waals surface area contributed by atoms with Crippen molar-refractivity contribution in [3.8, 4) is 11.4 Å². The van der Waals surface area contributed by atoms with E-state index in [4.69, 9.17) is 0 Å². The van der Waals surface area contributed by atoms with Gasteiger partial charge in [-0.25, -0.2) is 0 Å². The molecule has 0 N–H and O–H groups in total. The molecule has 284 valence electrons. The first-order valence-corrected chi connectivity index (χ1v) is 16.6. The van der Waals surface area contributed by atoms with E-state index < -0.39 is 47.0 Å². The maximum Gasteiger partial charge on any atom is 0.416 e. The SMILES string of the molecule is CC.FC(F)(F)c1ccc2c(c1)c1cc(C(F)(F)F)ccc1n2-c1cncc(-n2c3ccc(C(F)(F)F)cc3c3cc(C(F)(F)F)ccc32)c1C1=CC=CC1. The van der Waals surface area contributed by atoms with Gasteiger partial charge in [-0.2, -0.15) is 52.7 Å². The van der Waals surface area contributed by atoms with Gasteiger partial charge >= 0.3 is 24.7 Å². The molecular formula is C40H25F12N3. The van der Waals surface area contributed by atoms with E-state index in [1.54, 1.807) is 18.2 Å². The zero-order valence-electron chi connectivity index (χ0n) is 28.4. The molecule has 1 aliphatic carbocycles. The van der Waals surface area contributed by atoms with E-state index in [0.29, 0.717) is 11.1 Å². The van der Waals surface area contributed by atoms with Gasteiger partial charge in [-0.15, -0.1) is 0 Å². The minimum Gasteiger partial charge on any atom is -0.307 e. The first-order chi connectivity index (χ1) is 25.8. The first-order valence-electron chi connectivity index (χ1n) is 16.6. The van der Waals surface area contributed by atoms with E-state index >= 15 is 0 Å². The topological polar surface area (TPSA) is 22.8 Å². The van der Waals surface area contributed by atoms with Gasteiger partial charge in [-0.05, 0) is 84.8 Å². The van der Waals surface area contributed by atoms with Crippen molar-refractivity contribution in [3.05, 3.63) is 131 Å². The molecule has 0 saturated heterocycles. The number of hydrogen-bond donors (Lipinski definition) is 0. The van der Waals surface area contributed by atoms with Crippen LogP contribution in [-0.2, 0) is 24.7 Å². The fraction of sp³-hybridized carbons (Fsp3) is 0.175. The van der Waals surface area contributed by atoms with Crippen LogP contribution in [0.15, 0.2) is 103 Å².